The summed E-state index contributed by atoms with van der Waals surface area (Å²) in [5.74, 6) is 0.206. The number of hydrogen-bond acceptors (Lipinski definition) is 4. The first kappa shape index (κ1) is 31.2. The number of amides is 1. The lowest BCUT2D eigenvalue weighted by Crippen LogP contribution is -2.33. The molecule has 0 aromatic heterocycles. The number of rotatable bonds is 9. The number of benzene rings is 1. The van der Waals surface area contributed by atoms with Crippen LogP contribution in [0.1, 0.15) is 37.0 Å². The van der Waals surface area contributed by atoms with Crippen LogP contribution in [-0.2, 0) is 4.79 Å². The molecule has 0 spiro atoms. The summed E-state index contributed by atoms with van der Waals surface area (Å²) < 4.78 is 43.9. The van der Waals surface area contributed by atoms with Gasteiger partial charge >= 0.3 is 6.18 Å². The number of carbonyl (C=O) groups is 2. The standard InChI is InChI=1S/C24H23Br2F3N2O3.C2H4/c1-15(11-21(26)22(32)16(2)25)14-30-31-23(33)18-6-4-8-20(12-18)34-19-7-3-5-17(9-10-19)13-24(27,28)29;1-2/h4-12,14,16,30H,3,13H2,1-2H3,(H,31,33);1-2H2/b15-14-,21-11+;. The average molecular weight is 632 g/mol. The van der Waals surface area contributed by atoms with E-state index in [1.807, 2.05) is 0 Å². The van der Waals surface area contributed by atoms with Crippen LogP contribution in [0.15, 0.2) is 95.4 Å². The van der Waals surface area contributed by atoms with Crippen LogP contribution in [0.4, 0.5) is 13.2 Å². The number of ketones is 1. The lowest BCUT2D eigenvalue weighted by molar-refractivity contribution is -0.126. The number of halogens is 5. The Bertz CT molecular complexity index is 1090. The summed E-state index contributed by atoms with van der Waals surface area (Å²) in [4.78, 5) is 24.0. The summed E-state index contributed by atoms with van der Waals surface area (Å²) in [5, 5.41) is 0. The van der Waals surface area contributed by atoms with Crippen LogP contribution >= 0.6 is 31.9 Å². The number of Topliss-reactive ketones (excluding diaryl/α,β-unsaturated/α-hetero) is 1. The van der Waals surface area contributed by atoms with Crippen molar-refractivity contribution >= 4 is 43.6 Å². The maximum Gasteiger partial charge on any atom is 0.393 e. The van der Waals surface area contributed by atoms with Gasteiger partial charge in [-0.3, -0.25) is 15.0 Å². The molecule has 0 saturated heterocycles. The van der Waals surface area contributed by atoms with Crippen molar-refractivity contribution < 1.29 is 27.5 Å². The highest BCUT2D eigenvalue weighted by molar-refractivity contribution is 9.12. The number of hydrazine groups is 1. The molecule has 10 heteroatoms. The predicted octanol–water partition coefficient (Wildman–Crippen LogP) is 7.36. The molecule has 0 radical (unpaired) electrons. The van der Waals surface area contributed by atoms with Crippen molar-refractivity contribution in [2.45, 2.75) is 37.7 Å². The summed E-state index contributed by atoms with van der Waals surface area (Å²) in [7, 11) is 0. The first-order valence-corrected chi connectivity index (χ1v) is 12.4. The van der Waals surface area contributed by atoms with Crippen molar-refractivity contribution in [3.05, 3.63) is 101 Å². The maximum atomic E-state index is 12.6. The molecule has 1 unspecified atom stereocenters. The van der Waals surface area contributed by atoms with E-state index >= 15 is 0 Å². The third-order valence-electron chi connectivity index (χ3n) is 4.33. The van der Waals surface area contributed by atoms with Crippen LogP contribution in [-0.4, -0.2) is 22.7 Å². The molecular weight excluding hydrogens is 605 g/mol. The van der Waals surface area contributed by atoms with Crippen molar-refractivity contribution in [2.75, 3.05) is 0 Å². The highest BCUT2D eigenvalue weighted by Gasteiger charge is 2.28. The molecule has 194 valence electrons. The molecule has 0 heterocycles. The van der Waals surface area contributed by atoms with Crippen LogP contribution in [0.2, 0.25) is 0 Å². The molecule has 0 saturated carbocycles. The van der Waals surface area contributed by atoms with Gasteiger partial charge in [0.25, 0.3) is 5.91 Å². The van der Waals surface area contributed by atoms with E-state index < -0.39 is 18.5 Å². The zero-order chi connectivity index (χ0) is 27.3. The Morgan fingerprint density at radius 2 is 1.92 bits per heavy atom. The van der Waals surface area contributed by atoms with Gasteiger partial charge in [-0.1, -0.05) is 34.1 Å². The second kappa shape index (κ2) is 15.3. The van der Waals surface area contributed by atoms with Gasteiger partial charge in [-0.25, -0.2) is 0 Å². The molecule has 0 aliphatic heterocycles. The molecule has 1 aliphatic carbocycles. The monoisotopic (exact) mass is 630 g/mol. The third-order valence-corrected chi connectivity index (χ3v) is 5.37. The third kappa shape index (κ3) is 11.7. The van der Waals surface area contributed by atoms with Gasteiger partial charge < -0.3 is 10.2 Å². The van der Waals surface area contributed by atoms with Crippen molar-refractivity contribution in [3.63, 3.8) is 0 Å². The smallest absolute Gasteiger partial charge is 0.393 e. The fourth-order valence-electron chi connectivity index (χ4n) is 2.72. The minimum absolute atomic E-state index is 0.111. The molecule has 1 aliphatic rings. The van der Waals surface area contributed by atoms with Gasteiger partial charge in [0, 0.05) is 11.8 Å². The van der Waals surface area contributed by atoms with Gasteiger partial charge in [-0.15, -0.1) is 13.2 Å². The maximum absolute atomic E-state index is 12.6. The molecule has 5 nitrogen and oxygen atoms in total. The summed E-state index contributed by atoms with van der Waals surface area (Å²) >= 11 is 6.43. The van der Waals surface area contributed by atoms with Gasteiger partial charge in [0.05, 0.1) is 15.7 Å². The van der Waals surface area contributed by atoms with Crippen LogP contribution < -0.4 is 15.6 Å². The van der Waals surface area contributed by atoms with E-state index in [4.69, 9.17) is 4.74 Å². The molecule has 1 amide bonds. The largest absolute Gasteiger partial charge is 0.458 e. The topological polar surface area (TPSA) is 67.4 Å². The Morgan fingerprint density at radius 3 is 2.56 bits per heavy atom. The number of alkyl halides is 4. The highest BCUT2D eigenvalue weighted by Crippen LogP contribution is 2.27. The van der Waals surface area contributed by atoms with Crippen LogP contribution in [0.3, 0.4) is 0 Å². The first-order chi connectivity index (χ1) is 16.9. The van der Waals surface area contributed by atoms with E-state index in [-0.39, 0.29) is 16.2 Å². The molecule has 2 rings (SSSR count). The second-order valence-electron chi connectivity index (χ2n) is 7.34. The molecular formula is C26H27Br2F3N2O3. The molecule has 2 N–H and O–H groups in total. The van der Waals surface area contributed by atoms with Gasteiger partial charge in [0.15, 0.2) is 5.78 Å². The molecule has 0 fully saturated rings. The van der Waals surface area contributed by atoms with Gasteiger partial charge in [0.1, 0.15) is 11.5 Å². The fraction of sp³-hybridized carbons (Fsp3) is 0.231. The van der Waals surface area contributed by atoms with E-state index in [9.17, 15) is 22.8 Å². The first-order valence-electron chi connectivity index (χ1n) is 10.6. The fourth-order valence-corrected chi connectivity index (χ4v) is 3.98. The highest BCUT2D eigenvalue weighted by atomic mass is 79.9. The van der Waals surface area contributed by atoms with Gasteiger partial charge in [0.2, 0.25) is 0 Å². The average Bonchev–Trinajstić information content (AvgIpc) is 3.03. The minimum atomic E-state index is -4.28. The van der Waals surface area contributed by atoms with Crippen molar-refractivity contribution in [1.29, 1.82) is 0 Å². The summed E-state index contributed by atoms with van der Waals surface area (Å²) in [5.41, 5.74) is 6.36. The van der Waals surface area contributed by atoms with E-state index in [0.29, 0.717) is 33.5 Å². The molecule has 36 heavy (non-hydrogen) atoms. The lowest BCUT2D eigenvalue weighted by atomic mass is 10.1. The number of allylic oxidation sites excluding steroid dienone is 8. The number of hydrogen-bond donors (Lipinski definition) is 2. The predicted molar refractivity (Wildman–Crippen MR) is 144 cm³/mol. The second-order valence-corrected chi connectivity index (χ2v) is 9.56. The molecule has 1 aromatic carbocycles. The molecule has 1 aromatic rings. The SMILES string of the molecule is C=C.CC(=C/NNC(=O)c1cccc(OC2=CCC=C(CC(F)(F)F)C=C2)c1)/C=C(/Br)C(=O)C(C)Br. The van der Waals surface area contributed by atoms with E-state index in [2.05, 4.69) is 55.9 Å². The number of nitrogens with one attached hydrogen (secondary N) is 2. The quantitative estimate of drug-likeness (QED) is 0.0983. The Balaban J connectivity index is 0.00000316. The van der Waals surface area contributed by atoms with Crippen LogP contribution in [0, 0.1) is 0 Å². The van der Waals surface area contributed by atoms with Crippen molar-refractivity contribution in [2.24, 2.45) is 0 Å². The Labute approximate surface area is 225 Å². The lowest BCUT2D eigenvalue weighted by Gasteiger charge is -2.09. The summed E-state index contributed by atoms with van der Waals surface area (Å²) in [6.45, 7) is 9.47. The summed E-state index contributed by atoms with van der Waals surface area (Å²) in [6.07, 6.45) is 4.17. The van der Waals surface area contributed by atoms with Gasteiger partial charge in [-0.2, -0.15) is 13.2 Å². The number of ether oxygens (including phenoxy) is 1. The Hall–Kier alpha value is -2.85. The summed E-state index contributed by atoms with van der Waals surface area (Å²) in [6, 6.07) is 6.38. The van der Waals surface area contributed by atoms with Crippen molar-refractivity contribution in [1.82, 2.24) is 10.9 Å². The number of carbonyl (C=O) groups excluding carboxylic acids is 2. The van der Waals surface area contributed by atoms with Crippen molar-refractivity contribution in [3.8, 4) is 5.75 Å². The Morgan fingerprint density at radius 1 is 1.22 bits per heavy atom. The Kier molecular flexibility index (Phi) is 13.3. The van der Waals surface area contributed by atoms with Gasteiger partial charge in [-0.05, 0) is 83.8 Å². The van der Waals surface area contributed by atoms with Crippen LogP contribution in [0.5, 0.6) is 5.75 Å². The van der Waals surface area contributed by atoms with E-state index in [1.54, 1.807) is 44.2 Å². The zero-order valence-corrected chi connectivity index (χ0v) is 23.0. The molecule has 0 bridgehead atoms. The zero-order valence-electron chi connectivity index (χ0n) is 19.8. The van der Waals surface area contributed by atoms with E-state index in [1.165, 1.54) is 30.5 Å². The normalized spacial score (nSPS) is 14.9. The van der Waals surface area contributed by atoms with Crippen LogP contribution in [0.25, 0.3) is 0 Å². The minimum Gasteiger partial charge on any atom is -0.458 e. The van der Waals surface area contributed by atoms with E-state index in [0.717, 1.165) is 0 Å². The molecule has 1 atom stereocenters.